The largest absolute Gasteiger partial charge is 0.282 e. The van der Waals surface area contributed by atoms with Crippen LogP contribution in [-0.4, -0.2) is 11.7 Å². The van der Waals surface area contributed by atoms with E-state index < -0.39 is 0 Å². The minimum absolute atomic E-state index is 0.180. The lowest BCUT2D eigenvalue weighted by molar-refractivity contribution is -0.113. The Labute approximate surface area is 167 Å². The van der Waals surface area contributed by atoms with Crippen molar-refractivity contribution in [1.29, 1.82) is 0 Å². The molecule has 0 fully saturated rings. The van der Waals surface area contributed by atoms with Gasteiger partial charge < -0.3 is 0 Å². The van der Waals surface area contributed by atoms with Crippen molar-refractivity contribution in [1.82, 2.24) is 0 Å². The van der Waals surface area contributed by atoms with Crippen LogP contribution in [0.1, 0.15) is 11.1 Å². The second-order valence-electron chi connectivity index (χ2n) is 6.00. The highest BCUT2D eigenvalue weighted by atomic mass is 35.5. The third kappa shape index (κ3) is 3.65. The number of carbonyl (C=O) groups is 1. The quantitative estimate of drug-likeness (QED) is 0.516. The van der Waals surface area contributed by atoms with Crippen molar-refractivity contribution in [3.05, 3.63) is 106 Å². The number of hydrogen-bond acceptors (Lipinski definition) is 2. The van der Waals surface area contributed by atoms with Crippen LogP contribution in [0.2, 0.25) is 10.0 Å². The first-order chi connectivity index (χ1) is 13.1. The van der Waals surface area contributed by atoms with Gasteiger partial charge in [0.1, 0.15) is 11.5 Å². The van der Waals surface area contributed by atoms with E-state index in [4.69, 9.17) is 23.2 Å². The number of anilines is 1. The number of aliphatic imine (C=N–C) groups is 1. The van der Waals surface area contributed by atoms with Gasteiger partial charge in [0.2, 0.25) is 0 Å². The molecular weight excluding hydrogens is 379 g/mol. The zero-order valence-electron chi connectivity index (χ0n) is 14.1. The third-order valence-electron chi connectivity index (χ3n) is 4.15. The van der Waals surface area contributed by atoms with E-state index in [1.165, 1.54) is 0 Å². The molecule has 132 valence electrons. The van der Waals surface area contributed by atoms with Crippen molar-refractivity contribution in [2.45, 2.75) is 0 Å². The molecule has 5 heteroatoms. The van der Waals surface area contributed by atoms with Gasteiger partial charge in [-0.25, -0.2) is 4.99 Å². The van der Waals surface area contributed by atoms with Crippen molar-refractivity contribution in [3.8, 4) is 0 Å². The number of halogens is 2. The van der Waals surface area contributed by atoms with Crippen LogP contribution in [0.5, 0.6) is 0 Å². The van der Waals surface area contributed by atoms with Crippen molar-refractivity contribution >= 4 is 46.7 Å². The predicted molar refractivity (Wildman–Crippen MR) is 111 cm³/mol. The fraction of sp³-hybridized carbons (Fsp3) is 0. The standard InChI is InChI=1S/C22H14Cl2N2O/c23-17-10-6-15(7-11-17)14-20-22(27)26(19-4-2-1-3-5-19)21(25-20)16-8-12-18(24)13-9-16/h1-14H/b20-14+. The topological polar surface area (TPSA) is 32.7 Å². The highest BCUT2D eigenvalue weighted by Gasteiger charge is 2.32. The molecule has 0 atom stereocenters. The fourth-order valence-electron chi connectivity index (χ4n) is 2.84. The summed E-state index contributed by atoms with van der Waals surface area (Å²) in [5.41, 5.74) is 2.80. The molecular formula is C22H14Cl2N2O. The third-order valence-corrected chi connectivity index (χ3v) is 4.65. The van der Waals surface area contributed by atoms with Gasteiger partial charge >= 0.3 is 0 Å². The molecule has 1 amide bonds. The van der Waals surface area contributed by atoms with Crippen LogP contribution in [0, 0.1) is 0 Å². The second kappa shape index (κ2) is 7.39. The SMILES string of the molecule is O=C1/C(=C\c2ccc(Cl)cc2)N=C(c2ccc(Cl)cc2)N1c1ccccc1. The van der Waals surface area contributed by atoms with Gasteiger partial charge in [0, 0.05) is 15.6 Å². The Kier molecular flexibility index (Phi) is 4.80. The number of hydrogen-bond donors (Lipinski definition) is 0. The van der Waals surface area contributed by atoms with Crippen molar-refractivity contribution in [2.75, 3.05) is 4.90 Å². The monoisotopic (exact) mass is 392 g/mol. The number of benzene rings is 3. The predicted octanol–water partition coefficient (Wildman–Crippen LogP) is 5.83. The van der Waals surface area contributed by atoms with Gasteiger partial charge in [0.25, 0.3) is 5.91 Å². The van der Waals surface area contributed by atoms with Crippen LogP contribution in [-0.2, 0) is 4.79 Å². The molecule has 1 aliphatic heterocycles. The maximum atomic E-state index is 13.1. The van der Waals surface area contributed by atoms with E-state index in [-0.39, 0.29) is 5.91 Å². The van der Waals surface area contributed by atoms with Crippen molar-refractivity contribution < 1.29 is 4.79 Å². The average Bonchev–Trinajstić information content (AvgIpc) is 3.01. The smallest absolute Gasteiger partial charge is 0.266 e. The van der Waals surface area contributed by atoms with E-state index in [1.807, 2.05) is 54.6 Å². The molecule has 27 heavy (non-hydrogen) atoms. The van der Waals surface area contributed by atoms with E-state index in [0.717, 1.165) is 16.8 Å². The molecule has 0 aliphatic carbocycles. The van der Waals surface area contributed by atoms with Crippen LogP contribution in [0.25, 0.3) is 6.08 Å². The fourth-order valence-corrected chi connectivity index (χ4v) is 3.09. The zero-order valence-corrected chi connectivity index (χ0v) is 15.7. The van der Waals surface area contributed by atoms with E-state index in [0.29, 0.717) is 21.6 Å². The molecule has 0 saturated carbocycles. The van der Waals surface area contributed by atoms with Gasteiger partial charge in [-0.05, 0) is 60.2 Å². The summed E-state index contributed by atoms with van der Waals surface area (Å²) in [5, 5.41) is 1.28. The maximum Gasteiger partial charge on any atom is 0.282 e. The van der Waals surface area contributed by atoms with Gasteiger partial charge in [-0.15, -0.1) is 0 Å². The van der Waals surface area contributed by atoms with Gasteiger partial charge in [-0.2, -0.15) is 0 Å². The average molecular weight is 393 g/mol. The maximum absolute atomic E-state index is 13.1. The lowest BCUT2D eigenvalue weighted by Crippen LogP contribution is -2.32. The molecule has 0 radical (unpaired) electrons. The van der Waals surface area contributed by atoms with E-state index in [9.17, 15) is 4.79 Å². The molecule has 0 N–H and O–H groups in total. The molecule has 0 spiro atoms. The summed E-state index contributed by atoms with van der Waals surface area (Å²) >= 11 is 11.9. The van der Waals surface area contributed by atoms with Gasteiger partial charge in [0.15, 0.2) is 0 Å². The van der Waals surface area contributed by atoms with Gasteiger partial charge in [-0.3, -0.25) is 9.69 Å². The highest BCUT2D eigenvalue weighted by molar-refractivity contribution is 6.34. The summed E-state index contributed by atoms with van der Waals surface area (Å²) in [4.78, 5) is 19.4. The molecule has 3 aromatic rings. The Morgan fingerprint density at radius 3 is 2.00 bits per heavy atom. The molecule has 0 unspecified atom stereocenters. The summed E-state index contributed by atoms with van der Waals surface area (Å²) in [7, 11) is 0. The first-order valence-corrected chi connectivity index (χ1v) is 9.09. The molecule has 1 aliphatic rings. The van der Waals surface area contributed by atoms with E-state index in [2.05, 4.69) is 4.99 Å². The summed E-state index contributed by atoms with van der Waals surface area (Å²) in [6.45, 7) is 0. The Morgan fingerprint density at radius 1 is 0.778 bits per heavy atom. The Bertz CT molecular complexity index is 1040. The lowest BCUT2D eigenvalue weighted by Gasteiger charge is -2.18. The molecule has 0 aromatic heterocycles. The summed E-state index contributed by atoms with van der Waals surface area (Å²) in [6, 6.07) is 24.0. The van der Waals surface area contributed by atoms with E-state index in [1.54, 1.807) is 35.2 Å². The van der Waals surface area contributed by atoms with E-state index >= 15 is 0 Å². The summed E-state index contributed by atoms with van der Waals surface area (Å²) in [6.07, 6.45) is 1.76. The highest BCUT2D eigenvalue weighted by Crippen LogP contribution is 2.28. The Hall–Kier alpha value is -2.88. The van der Waals surface area contributed by atoms with Crippen LogP contribution in [0.4, 0.5) is 5.69 Å². The summed E-state index contributed by atoms with van der Waals surface area (Å²) < 4.78 is 0. The Morgan fingerprint density at radius 2 is 1.37 bits per heavy atom. The number of amides is 1. The minimum Gasteiger partial charge on any atom is -0.266 e. The minimum atomic E-state index is -0.180. The second-order valence-corrected chi connectivity index (χ2v) is 6.87. The Balaban J connectivity index is 1.81. The molecule has 0 bridgehead atoms. The van der Waals surface area contributed by atoms with Crippen LogP contribution >= 0.6 is 23.2 Å². The number of amidine groups is 1. The lowest BCUT2D eigenvalue weighted by atomic mass is 10.1. The van der Waals surface area contributed by atoms with Gasteiger partial charge in [-0.1, -0.05) is 53.5 Å². The number of rotatable bonds is 3. The normalized spacial score (nSPS) is 15.3. The van der Waals surface area contributed by atoms with Crippen LogP contribution < -0.4 is 4.90 Å². The first kappa shape index (κ1) is 17.5. The molecule has 3 nitrogen and oxygen atoms in total. The molecule has 1 heterocycles. The molecule has 0 saturated heterocycles. The van der Waals surface area contributed by atoms with Crippen LogP contribution in [0.3, 0.4) is 0 Å². The van der Waals surface area contributed by atoms with Gasteiger partial charge in [0.05, 0.1) is 5.69 Å². The van der Waals surface area contributed by atoms with Crippen molar-refractivity contribution in [3.63, 3.8) is 0 Å². The van der Waals surface area contributed by atoms with Crippen LogP contribution in [0.15, 0.2) is 89.6 Å². The molecule has 4 rings (SSSR count). The zero-order chi connectivity index (χ0) is 18.8. The number of carbonyl (C=O) groups excluding carboxylic acids is 1. The summed E-state index contributed by atoms with van der Waals surface area (Å²) in [5.74, 6) is 0.393. The first-order valence-electron chi connectivity index (χ1n) is 8.33. The molecule has 3 aromatic carbocycles. The van der Waals surface area contributed by atoms with Crippen molar-refractivity contribution in [2.24, 2.45) is 4.99 Å². The number of para-hydroxylation sites is 1. The number of nitrogens with zero attached hydrogens (tertiary/aromatic N) is 2.